The van der Waals surface area contributed by atoms with Gasteiger partial charge in [-0.3, -0.25) is 0 Å². The Morgan fingerprint density at radius 1 is 0.861 bits per heavy atom. The number of rotatable bonds is 6. The number of hydrogen-bond donors (Lipinski definition) is 2. The van der Waals surface area contributed by atoms with Crippen LogP contribution >= 0.6 is 11.6 Å². The van der Waals surface area contributed by atoms with Crippen molar-refractivity contribution in [2.75, 3.05) is 5.32 Å². The summed E-state index contributed by atoms with van der Waals surface area (Å²) in [7, 11) is 0. The smallest absolute Gasteiger partial charge is 0.416 e. The summed E-state index contributed by atoms with van der Waals surface area (Å²) in [6, 6.07) is 14.5. The molecule has 0 fully saturated rings. The molecule has 0 aliphatic rings. The molecule has 2 N–H and O–H groups in total. The Morgan fingerprint density at radius 3 is 2.08 bits per heavy atom. The van der Waals surface area contributed by atoms with Crippen LogP contribution in [0, 0.1) is 0 Å². The second kappa shape index (κ2) is 9.42. The number of carboxylic acid groups (broad SMARTS) is 1. The highest BCUT2D eigenvalue weighted by Gasteiger charge is 2.36. The van der Waals surface area contributed by atoms with Gasteiger partial charge in [-0.25, -0.2) is 4.79 Å². The standard InChI is InChI=1S/C25H17ClF6N2O2/c26-18-4-1-3-14(9-18)13-34-21-6-2-5-20(19(21)11-22(34)23(35)36)33-12-15-7-16(24(27,28)29)10-17(8-15)25(30,31)32/h1-11,33H,12-13H2,(H,35,36). The van der Waals surface area contributed by atoms with Crippen molar-refractivity contribution in [1.29, 1.82) is 0 Å². The fourth-order valence-electron chi connectivity index (χ4n) is 3.92. The first-order valence-electron chi connectivity index (χ1n) is 10.4. The van der Waals surface area contributed by atoms with Gasteiger partial charge in [0.2, 0.25) is 0 Å². The molecule has 3 aromatic carbocycles. The van der Waals surface area contributed by atoms with Gasteiger partial charge in [0.25, 0.3) is 0 Å². The van der Waals surface area contributed by atoms with E-state index in [0.29, 0.717) is 33.7 Å². The fourth-order valence-corrected chi connectivity index (χ4v) is 4.14. The SMILES string of the molecule is O=C(O)c1cc2c(NCc3cc(C(F)(F)F)cc(C(F)(F)F)c3)cccc2n1Cc1cccc(Cl)c1. The average molecular weight is 527 g/mol. The average Bonchev–Trinajstić information content (AvgIpc) is 3.15. The van der Waals surface area contributed by atoms with Crippen LogP contribution in [-0.4, -0.2) is 15.6 Å². The van der Waals surface area contributed by atoms with Gasteiger partial charge in [0.1, 0.15) is 5.69 Å². The van der Waals surface area contributed by atoms with Gasteiger partial charge in [0.15, 0.2) is 0 Å². The molecule has 0 atom stereocenters. The van der Waals surface area contributed by atoms with Crippen LogP contribution in [0.3, 0.4) is 0 Å². The van der Waals surface area contributed by atoms with Gasteiger partial charge in [-0.1, -0.05) is 29.8 Å². The third kappa shape index (κ3) is 5.43. The lowest BCUT2D eigenvalue weighted by Crippen LogP contribution is -2.13. The highest BCUT2D eigenvalue weighted by molar-refractivity contribution is 6.30. The molecule has 1 aromatic heterocycles. The molecule has 0 aliphatic heterocycles. The first-order chi connectivity index (χ1) is 16.8. The predicted octanol–water partition coefficient (Wildman–Crippen LogP) is 7.69. The van der Waals surface area contributed by atoms with Crippen LogP contribution in [0.5, 0.6) is 0 Å². The maximum atomic E-state index is 13.2. The summed E-state index contributed by atoms with van der Waals surface area (Å²) in [5.41, 5.74) is -1.49. The van der Waals surface area contributed by atoms with Crippen molar-refractivity contribution >= 4 is 34.2 Å². The van der Waals surface area contributed by atoms with Crippen molar-refractivity contribution in [2.45, 2.75) is 25.4 Å². The topological polar surface area (TPSA) is 54.3 Å². The van der Waals surface area contributed by atoms with E-state index in [-0.39, 0.29) is 30.4 Å². The van der Waals surface area contributed by atoms with E-state index in [1.807, 2.05) is 0 Å². The van der Waals surface area contributed by atoms with Crippen LogP contribution in [-0.2, 0) is 25.4 Å². The summed E-state index contributed by atoms with van der Waals surface area (Å²) in [5.74, 6) is -1.20. The number of anilines is 1. The number of aromatic carboxylic acids is 1. The lowest BCUT2D eigenvalue weighted by molar-refractivity contribution is -0.143. The van der Waals surface area contributed by atoms with Crippen molar-refractivity contribution in [3.05, 3.63) is 99.7 Å². The minimum Gasteiger partial charge on any atom is -0.477 e. The first-order valence-corrected chi connectivity index (χ1v) is 10.8. The van der Waals surface area contributed by atoms with E-state index in [0.717, 1.165) is 5.56 Å². The molecule has 4 nitrogen and oxygen atoms in total. The molecule has 4 rings (SSSR count). The number of hydrogen-bond acceptors (Lipinski definition) is 2. The van der Waals surface area contributed by atoms with Crippen molar-refractivity contribution in [3.63, 3.8) is 0 Å². The minimum atomic E-state index is -4.95. The van der Waals surface area contributed by atoms with Gasteiger partial charge in [-0.15, -0.1) is 0 Å². The summed E-state index contributed by atoms with van der Waals surface area (Å²) < 4.78 is 80.6. The maximum absolute atomic E-state index is 13.2. The number of nitrogens with zero attached hydrogens (tertiary/aromatic N) is 1. The van der Waals surface area contributed by atoms with Crippen molar-refractivity contribution < 1.29 is 36.2 Å². The number of aromatic nitrogens is 1. The van der Waals surface area contributed by atoms with E-state index in [1.165, 1.54) is 6.07 Å². The van der Waals surface area contributed by atoms with E-state index < -0.39 is 29.4 Å². The number of benzene rings is 3. The zero-order valence-corrected chi connectivity index (χ0v) is 19.0. The number of carboxylic acids is 1. The predicted molar refractivity (Wildman–Crippen MR) is 123 cm³/mol. The molecular weight excluding hydrogens is 510 g/mol. The molecule has 0 saturated carbocycles. The Balaban J connectivity index is 1.71. The van der Waals surface area contributed by atoms with Gasteiger partial charge in [-0.05, 0) is 59.7 Å². The van der Waals surface area contributed by atoms with Gasteiger partial charge in [0, 0.05) is 29.2 Å². The highest BCUT2D eigenvalue weighted by atomic mass is 35.5. The Morgan fingerprint density at radius 2 is 1.50 bits per heavy atom. The molecule has 4 aromatic rings. The van der Waals surface area contributed by atoms with Crippen molar-refractivity contribution in [3.8, 4) is 0 Å². The highest BCUT2D eigenvalue weighted by Crippen LogP contribution is 2.37. The first kappa shape index (κ1) is 25.4. The van der Waals surface area contributed by atoms with E-state index in [4.69, 9.17) is 11.6 Å². The van der Waals surface area contributed by atoms with Crippen LogP contribution in [0.4, 0.5) is 32.0 Å². The second-order valence-electron chi connectivity index (χ2n) is 8.06. The van der Waals surface area contributed by atoms with E-state index >= 15 is 0 Å². The Bertz CT molecular complexity index is 1410. The van der Waals surface area contributed by atoms with Crippen LogP contribution in [0.2, 0.25) is 5.02 Å². The zero-order valence-electron chi connectivity index (χ0n) is 18.2. The van der Waals surface area contributed by atoms with Gasteiger partial charge in [-0.2, -0.15) is 26.3 Å². The molecule has 0 bridgehead atoms. The Kier molecular flexibility index (Phi) is 6.66. The molecule has 188 valence electrons. The van der Waals surface area contributed by atoms with Gasteiger partial charge in [0.05, 0.1) is 16.6 Å². The normalized spacial score (nSPS) is 12.2. The Labute approximate surface area is 205 Å². The summed E-state index contributed by atoms with van der Waals surface area (Å²) in [4.78, 5) is 11.9. The molecule has 36 heavy (non-hydrogen) atoms. The van der Waals surface area contributed by atoms with E-state index in [9.17, 15) is 36.2 Å². The van der Waals surface area contributed by atoms with Crippen LogP contribution < -0.4 is 5.32 Å². The van der Waals surface area contributed by atoms with Gasteiger partial charge >= 0.3 is 18.3 Å². The van der Waals surface area contributed by atoms with Crippen LogP contribution in [0.1, 0.15) is 32.7 Å². The lowest BCUT2D eigenvalue weighted by Gasteiger charge is -2.15. The largest absolute Gasteiger partial charge is 0.477 e. The molecule has 0 saturated heterocycles. The molecule has 0 unspecified atom stereocenters. The number of fused-ring (bicyclic) bond motifs is 1. The zero-order chi connectivity index (χ0) is 26.3. The summed E-state index contributed by atoms with van der Waals surface area (Å²) in [5, 5.41) is 13.5. The van der Waals surface area contributed by atoms with Crippen molar-refractivity contribution in [1.82, 2.24) is 4.57 Å². The van der Waals surface area contributed by atoms with E-state index in [1.54, 1.807) is 47.0 Å². The third-order valence-electron chi connectivity index (χ3n) is 5.53. The number of alkyl halides is 6. The quantitative estimate of drug-likeness (QED) is 0.253. The van der Waals surface area contributed by atoms with Crippen LogP contribution in [0.25, 0.3) is 10.9 Å². The molecule has 0 radical (unpaired) electrons. The van der Waals surface area contributed by atoms with Crippen LogP contribution in [0.15, 0.2) is 66.7 Å². The second-order valence-corrected chi connectivity index (χ2v) is 8.49. The lowest BCUT2D eigenvalue weighted by atomic mass is 10.0. The minimum absolute atomic E-state index is 0.0438. The summed E-state index contributed by atoms with van der Waals surface area (Å²) in [6.07, 6.45) is -9.91. The summed E-state index contributed by atoms with van der Waals surface area (Å²) in [6.45, 7) is -0.175. The molecular formula is C25H17ClF6N2O2. The summed E-state index contributed by atoms with van der Waals surface area (Å²) >= 11 is 6.03. The van der Waals surface area contributed by atoms with Gasteiger partial charge < -0.3 is 15.0 Å². The van der Waals surface area contributed by atoms with Crippen molar-refractivity contribution in [2.24, 2.45) is 0 Å². The third-order valence-corrected chi connectivity index (χ3v) is 5.76. The Hall–Kier alpha value is -3.66. The monoisotopic (exact) mass is 526 g/mol. The molecule has 0 aliphatic carbocycles. The number of halogens is 7. The molecule has 0 amide bonds. The molecule has 0 spiro atoms. The number of nitrogens with one attached hydrogen (secondary N) is 1. The molecule has 11 heteroatoms. The number of carbonyl (C=O) groups is 1. The van der Waals surface area contributed by atoms with E-state index in [2.05, 4.69) is 5.32 Å². The fraction of sp³-hybridized carbons (Fsp3) is 0.160. The molecule has 1 heterocycles. The maximum Gasteiger partial charge on any atom is 0.416 e.